The Hall–Kier alpha value is 0.780. The zero-order valence-corrected chi connectivity index (χ0v) is 17.6. The molecule has 0 aromatic rings. The number of unbranched alkanes of at least 4 members (excludes halogenated alkanes) is 6. The lowest BCUT2D eigenvalue weighted by Gasteiger charge is -2.38. The highest BCUT2D eigenvalue weighted by molar-refractivity contribution is 9.10. The molecule has 1 saturated heterocycles. The molecule has 1 unspecified atom stereocenters. The van der Waals surface area contributed by atoms with Crippen molar-refractivity contribution < 1.29 is 9.53 Å². The molecular weight excluding hydrogens is 424 g/mol. The number of alkyl halides is 4. The Balaban J connectivity index is 2.52. The molecule has 0 aromatic carbocycles. The standard InChI is InChI=1S/C16H27BrCl3NO2/c1-2-3-4-5-6-7-8-9-15(17,16(18,19)20)14(22)21-10-12-23-13-11-21/h2-13H2,1H3. The van der Waals surface area contributed by atoms with Crippen LogP contribution in [0.5, 0.6) is 0 Å². The molecule has 136 valence electrons. The third kappa shape index (κ3) is 6.89. The first-order chi connectivity index (χ1) is 10.8. The van der Waals surface area contributed by atoms with Crippen LogP contribution in [0.3, 0.4) is 0 Å². The molecule has 1 rings (SSSR count). The average molecular weight is 452 g/mol. The number of carbonyl (C=O) groups is 1. The first-order valence-electron chi connectivity index (χ1n) is 8.45. The Morgan fingerprint density at radius 1 is 1.04 bits per heavy atom. The summed E-state index contributed by atoms with van der Waals surface area (Å²) in [6, 6.07) is 0. The maximum atomic E-state index is 12.8. The number of halogens is 4. The molecule has 0 saturated carbocycles. The Labute approximate surface area is 163 Å². The predicted octanol–water partition coefficient (Wildman–Crippen LogP) is 5.49. The van der Waals surface area contributed by atoms with E-state index in [0.29, 0.717) is 32.7 Å². The molecule has 23 heavy (non-hydrogen) atoms. The summed E-state index contributed by atoms with van der Waals surface area (Å²) in [5.41, 5.74) is 0. The Morgan fingerprint density at radius 3 is 2.09 bits per heavy atom. The first-order valence-corrected chi connectivity index (χ1v) is 10.4. The summed E-state index contributed by atoms with van der Waals surface area (Å²) >= 11 is 21.9. The van der Waals surface area contributed by atoms with Gasteiger partial charge in [-0.15, -0.1) is 0 Å². The summed E-state index contributed by atoms with van der Waals surface area (Å²) in [5.74, 6) is -0.146. The van der Waals surface area contributed by atoms with Crippen molar-refractivity contribution in [3.05, 3.63) is 0 Å². The minimum Gasteiger partial charge on any atom is -0.378 e. The van der Waals surface area contributed by atoms with E-state index >= 15 is 0 Å². The number of amides is 1. The third-order valence-electron chi connectivity index (χ3n) is 4.21. The molecule has 1 amide bonds. The van der Waals surface area contributed by atoms with E-state index in [2.05, 4.69) is 22.9 Å². The largest absolute Gasteiger partial charge is 0.378 e. The predicted molar refractivity (Wildman–Crippen MR) is 102 cm³/mol. The number of morpholine rings is 1. The highest BCUT2D eigenvalue weighted by Gasteiger charge is 2.53. The first kappa shape index (κ1) is 21.8. The molecule has 1 atom stereocenters. The molecule has 1 heterocycles. The summed E-state index contributed by atoms with van der Waals surface area (Å²) in [6.45, 7) is 4.36. The number of ether oxygens (including phenoxy) is 1. The van der Waals surface area contributed by atoms with Crippen molar-refractivity contribution >= 4 is 56.6 Å². The van der Waals surface area contributed by atoms with Gasteiger partial charge in [0.2, 0.25) is 9.70 Å². The van der Waals surface area contributed by atoms with Crippen molar-refractivity contribution in [2.75, 3.05) is 26.3 Å². The molecule has 1 aliphatic heterocycles. The maximum Gasteiger partial charge on any atom is 0.244 e. The minimum absolute atomic E-state index is 0.146. The second-order valence-corrected chi connectivity index (χ2v) is 9.71. The molecular formula is C16H27BrCl3NO2. The fourth-order valence-electron chi connectivity index (χ4n) is 2.71. The van der Waals surface area contributed by atoms with Crippen LogP contribution in [0.1, 0.15) is 58.3 Å². The van der Waals surface area contributed by atoms with Gasteiger partial charge in [0, 0.05) is 13.1 Å². The van der Waals surface area contributed by atoms with E-state index in [1.165, 1.54) is 25.7 Å². The van der Waals surface area contributed by atoms with E-state index in [0.717, 1.165) is 19.3 Å². The summed E-state index contributed by atoms with van der Waals surface area (Å²) in [6.07, 6.45) is 8.62. The lowest BCUT2D eigenvalue weighted by atomic mass is 9.99. The SMILES string of the molecule is CCCCCCCCCC(Br)(C(=O)N1CCOCC1)C(Cl)(Cl)Cl. The van der Waals surface area contributed by atoms with E-state index in [1.807, 2.05) is 0 Å². The van der Waals surface area contributed by atoms with Crippen LogP contribution in [0.4, 0.5) is 0 Å². The monoisotopic (exact) mass is 449 g/mol. The molecule has 0 bridgehead atoms. The van der Waals surface area contributed by atoms with Crippen LogP contribution in [0.25, 0.3) is 0 Å². The molecule has 0 radical (unpaired) electrons. The van der Waals surface area contributed by atoms with E-state index < -0.39 is 8.12 Å². The normalized spacial score (nSPS) is 18.7. The number of nitrogens with zero attached hydrogens (tertiary/aromatic N) is 1. The van der Waals surface area contributed by atoms with Gasteiger partial charge in [-0.1, -0.05) is 103 Å². The van der Waals surface area contributed by atoms with Gasteiger partial charge in [0.15, 0.2) is 4.32 Å². The summed E-state index contributed by atoms with van der Waals surface area (Å²) in [7, 11) is 0. The van der Waals surface area contributed by atoms with Crippen molar-refractivity contribution in [1.29, 1.82) is 0 Å². The number of hydrogen-bond donors (Lipinski definition) is 0. The van der Waals surface area contributed by atoms with Crippen molar-refractivity contribution in [3.63, 3.8) is 0 Å². The third-order valence-corrected chi connectivity index (χ3v) is 7.19. The molecule has 1 aliphatic rings. The van der Waals surface area contributed by atoms with Gasteiger partial charge in [0.25, 0.3) is 0 Å². The lowest BCUT2D eigenvalue weighted by molar-refractivity contribution is -0.137. The van der Waals surface area contributed by atoms with Gasteiger partial charge in [-0.05, 0) is 6.42 Å². The Kier molecular flexibility index (Phi) is 10.2. The van der Waals surface area contributed by atoms with Gasteiger partial charge in [0.05, 0.1) is 13.2 Å². The zero-order valence-electron chi connectivity index (χ0n) is 13.8. The highest BCUT2D eigenvalue weighted by atomic mass is 79.9. The van der Waals surface area contributed by atoms with Gasteiger partial charge in [-0.25, -0.2) is 0 Å². The smallest absolute Gasteiger partial charge is 0.244 e. The highest BCUT2D eigenvalue weighted by Crippen LogP contribution is 2.48. The van der Waals surface area contributed by atoms with E-state index in [1.54, 1.807) is 4.90 Å². The number of hydrogen-bond acceptors (Lipinski definition) is 2. The van der Waals surface area contributed by atoms with Crippen LogP contribution in [0.2, 0.25) is 0 Å². The minimum atomic E-state index is -1.68. The van der Waals surface area contributed by atoms with E-state index in [9.17, 15) is 4.79 Å². The van der Waals surface area contributed by atoms with Crippen LogP contribution in [-0.2, 0) is 9.53 Å². The Morgan fingerprint density at radius 2 is 1.57 bits per heavy atom. The summed E-state index contributed by atoms with van der Waals surface area (Å²) in [4.78, 5) is 14.6. The number of carbonyl (C=O) groups excluding carboxylic acids is 1. The Bertz CT molecular complexity index is 360. The van der Waals surface area contributed by atoms with Crippen molar-refractivity contribution in [2.45, 2.75) is 66.4 Å². The van der Waals surface area contributed by atoms with Crippen LogP contribution in [-0.4, -0.2) is 45.2 Å². The van der Waals surface area contributed by atoms with Gasteiger partial charge in [-0.3, -0.25) is 4.79 Å². The van der Waals surface area contributed by atoms with Crippen LogP contribution >= 0.6 is 50.7 Å². The molecule has 0 N–H and O–H groups in total. The van der Waals surface area contributed by atoms with Gasteiger partial charge in [0.1, 0.15) is 0 Å². The molecule has 7 heteroatoms. The molecule has 0 spiro atoms. The topological polar surface area (TPSA) is 29.5 Å². The molecule has 0 aromatic heterocycles. The fraction of sp³-hybridized carbons (Fsp3) is 0.938. The second kappa shape index (κ2) is 10.7. The van der Waals surface area contributed by atoms with Crippen molar-refractivity contribution in [2.24, 2.45) is 0 Å². The second-order valence-electron chi connectivity index (χ2n) is 6.07. The van der Waals surface area contributed by atoms with Gasteiger partial charge < -0.3 is 9.64 Å². The van der Waals surface area contributed by atoms with Crippen LogP contribution in [0, 0.1) is 0 Å². The van der Waals surface area contributed by atoms with Crippen LogP contribution < -0.4 is 0 Å². The quantitative estimate of drug-likeness (QED) is 0.343. The number of rotatable bonds is 9. The van der Waals surface area contributed by atoms with Gasteiger partial charge >= 0.3 is 0 Å². The molecule has 3 nitrogen and oxygen atoms in total. The molecule has 1 fully saturated rings. The molecule has 0 aliphatic carbocycles. The maximum absolute atomic E-state index is 12.8. The summed E-state index contributed by atoms with van der Waals surface area (Å²) in [5, 5.41) is 0. The van der Waals surface area contributed by atoms with Crippen molar-refractivity contribution in [1.82, 2.24) is 4.90 Å². The van der Waals surface area contributed by atoms with Crippen LogP contribution in [0.15, 0.2) is 0 Å². The van der Waals surface area contributed by atoms with E-state index in [4.69, 9.17) is 39.5 Å². The van der Waals surface area contributed by atoms with E-state index in [-0.39, 0.29) is 5.91 Å². The lowest BCUT2D eigenvalue weighted by Crippen LogP contribution is -2.55. The zero-order chi connectivity index (χ0) is 17.3. The van der Waals surface area contributed by atoms with Gasteiger partial charge in [-0.2, -0.15) is 0 Å². The fourth-order valence-corrected chi connectivity index (χ4v) is 3.77. The summed E-state index contributed by atoms with van der Waals surface area (Å²) < 4.78 is 2.45. The van der Waals surface area contributed by atoms with Crippen molar-refractivity contribution in [3.8, 4) is 0 Å². The average Bonchev–Trinajstić information content (AvgIpc) is 2.52.